The fourth-order valence-corrected chi connectivity index (χ4v) is 2.29. The molecule has 7 nitrogen and oxygen atoms in total. The van der Waals surface area contributed by atoms with E-state index in [1.54, 1.807) is 13.0 Å². The molecule has 0 saturated heterocycles. The van der Waals surface area contributed by atoms with Crippen molar-refractivity contribution in [2.45, 2.75) is 13.5 Å². The van der Waals surface area contributed by atoms with Crippen molar-refractivity contribution in [2.24, 2.45) is 0 Å². The topological polar surface area (TPSA) is 92.3 Å². The highest BCUT2D eigenvalue weighted by Crippen LogP contribution is 2.18. The molecule has 0 aliphatic rings. The minimum Gasteiger partial charge on any atom is -0.398 e. The van der Waals surface area contributed by atoms with E-state index in [1.165, 1.54) is 4.40 Å². The number of H-pyrrole nitrogens is 1. The Morgan fingerprint density at radius 1 is 1.38 bits per heavy atom. The molecule has 0 atom stereocenters. The molecule has 0 aliphatic heterocycles. The molecule has 0 spiro atoms. The second kappa shape index (κ2) is 4.93. The van der Waals surface area contributed by atoms with Gasteiger partial charge in [-0.15, -0.1) is 0 Å². The number of benzene rings is 1. The maximum absolute atomic E-state index is 11.6. The monoisotopic (exact) mass is 284 g/mol. The van der Waals surface area contributed by atoms with Gasteiger partial charge in [-0.25, -0.2) is 19.3 Å². The van der Waals surface area contributed by atoms with Gasteiger partial charge in [0, 0.05) is 25.3 Å². The molecule has 3 N–H and O–H groups in total. The number of nitrogens with zero attached hydrogens (tertiary/aromatic N) is 4. The Balaban J connectivity index is 1.97. The molecule has 0 saturated carbocycles. The number of nitrogens with one attached hydrogen (secondary N) is 1. The number of rotatable bonds is 3. The van der Waals surface area contributed by atoms with Crippen molar-refractivity contribution >= 4 is 17.2 Å². The number of hydrogen-bond donors (Lipinski definition) is 2. The van der Waals surface area contributed by atoms with Crippen LogP contribution in [0.1, 0.15) is 11.4 Å². The zero-order valence-electron chi connectivity index (χ0n) is 11.9. The van der Waals surface area contributed by atoms with Crippen molar-refractivity contribution in [3.8, 4) is 0 Å². The van der Waals surface area contributed by atoms with Gasteiger partial charge in [0.15, 0.2) is 5.65 Å². The lowest BCUT2D eigenvalue weighted by molar-refractivity contribution is 0.865. The largest absolute Gasteiger partial charge is 0.398 e. The van der Waals surface area contributed by atoms with E-state index < -0.39 is 0 Å². The van der Waals surface area contributed by atoms with Crippen molar-refractivity contribution < 1.29 is 0 Å². The van der Waals surface area contributed by atoms with E-state index in [0.29, 0.717) is 18.0 Å². The van der Waals surface area contributed by atoms with Crippen molar-refractivity contribution in [3.63, 3.8) is 0 Å². The molecule has 2 aromatic heterocycles. The van der Waals surface area contributed by atoms with E-state index in [0.717, 1.165) is 17.1 Å². The Hall–Kier alpha value is -2.83. The number of aromatic amines is 1. The van der Waals surface area contributed by atoms with Gasteiger partial charge in [0.1, 0.15) is 11.6 Å². The van der Waals surface area contributed by atoms with E-state index in [2.05, 4.69) is 15.2 Å². The van der Waals surface area contributed by atoms with E-state index in [9.17, 15) is 4.79 Å². The van der Waals surface area contributed by atoms with Crippen LogP contribution in [0.5, 0.6) is 0 Å². The number of fused-ring (bicyclic) bond motifs is 1. The minimum atomic E-state index is -0.281. The predicted molar refractivity (Wildman–Crippen MR) is 81.3 cm³/mol. The number of nitrogens with two attached hydrogens (primary N) is 1. The van der Waals surface area contributed by atoms with Crippen LogP contribution in [0.2, 0.25) is 0 Å². The fraction of sp³-hybridized carbons (Fsp3) is 0.214. The Morgan fingerprint density at radius 3 is 2.90 bits per heavy atom. The van der Waals surface area contributed by atoms with Gasteiger partial charge >= 0.3 is 5.69 Å². The molecule has 0 bridgehead atoms. The van der Waals surface area contributed by atoms with Gasteiger partial charge in [-0.2, -0.15) is 5.10 Å². The Labute approximate surface area is 121 Å². The maximum Gasteiger partial charge on any atom is 0.349 e. The first kappa shape index (κ1) is 13.2. The van der Waals surface area contributed by atoms with Crippen molar-refractivity contribution in [2.75, 3.05) is 17.7 Å². The predicted octanol–water partition coefficient (Wildman–Crippen LogP) is 0.945. The second-order valence-electron chi connectivity index (χ2n) is 4.94. The lowest BCUT2D eigenvalue weighted by Gasteiger charge is -2.19. The molecule has 0 amide bonds. The van der Waals surface area contributed by atoms with Crippen LogP contribution in [0.4, 0.5) is 11.5 Å². The van der Waals surface area contributed by atoms with Crippen LogP contribution >= 0.6 is 0 Å². The average molecular weight is 284 g/mol. The first-order chi connectivity index (χ1) is 10.1. The molecule has 21 heavy (non-hydrogen) atoms. The van der Waals surface area contributed by atoms with E-state index in [-0.39, 0.29) is 5.69 Å². The number of aromatic nitrogens is 4. The molecule has 0 radical (unpaired) electrons. The zero-order chi connectivity index (χ0) is 15.0. The standard InChI is InChI=1S/C14H16N6O/c1-9-16-12(7-13-17-18-14(21)20(9)13)19(2)8-10-5-3-4-6-11(10)15/h3-7H,8,15H2,1-2H3,(H,18,21). The normalized spacial score (nSPS) is 11.0. The fourth-order valence-electron chi connectivity index (χ4n) is 2.29. The van der Waals surface area contributed by atoms with E-state index in [1.807, 2.05) is 36.2 Å². The molecule has 108 valence electrons. The number of hydrogen-bond acceptors (Lipinski definition) is 5. The summed E-state index contributed by atoms with van der Waals surface area (Å²) in [6.07, 6.45) is 0. The maximum atomic E-state index is 11.6. The van der Waals surface area contributed by atoms with Crippen molar-refractivity contribution in [1.82, 2.24) is 19.6 Å². The smallest absolute Gasteiger partial charge is 0.349 e. The first-order valence-electron chi connectivity index (χ1n) is 6.55. The Kier molecular flexibility index (Phi) is 3.09. The zero-order valence-corrected chi connectivity index (χ0v) is 11.9. The quantitative estimate of drug-likeness (QED) is 0.698. The van der Waals surface area contributed by atoms with Gasteiger partial charge in [0.2, 0.25) is 0 Å². The van der Waals surface area contributed by atoms with Gasteiger partial charge in [0.05, 0.1) is 0 Å². The molecular formula is C14H16N6O. The summed E-state index contributed by atoms with van der Waals surface area (Å²) in [5, 5.41) is 6.40. The van der Waals surface area contributed by atoms with Crippen molar-refractivity contribution in [1.29, 1.82) is 0 Å². The van der Waals surface area contributed by atoms with E-state index >= 15 is 0 Å². The number of aryl methyl sites for hydroxylation is 1. The Morgan fingerprint density at radius 2 is 2.14 bits per heavy atom. The molecule has 1 aromatic carbocycles. The highest BCUT2D eigenvalue weighted by atomic mass is 16.1. The molecule has 2 heterocycles. The molecule has 3 aromatic rings. The summed E-state index contributed by atoms with van der Waals surface area (Å²) in [6, 6.07) is 9.48. The van der Waals surface area contributed by atoms with Gasteiger partial charge in [-0.05, 0) is 18.6 Å². The van der Waals surface area contributed by atoms with Gasteiger partial charge in [-0.1, -0.05) is 18.2 Å². The summed E-state index contributed by atoms with van der Waals surface area (Å²) >= 11 is 0. The second-order valence-corrected chi connectivity index (χ2v) is 4.94. The summed E-state index contributed by atoms with van der Waals surface area (Å²) < 4.78 is 1.44. The summed E-state index contributed by atoms with van der Waals surface area (Å²) in [5.74, 6) is 1.33. The third-order valence-electron chi connectivity index (χ3n) is 3.41. The average Bonchev–Trinajstić information content (AvgIpc) is 2.83. The molecule has 0 aliphatic carbocycles. The Bertz CT molecular complexity index is 850. The first-order valence-corrected chi connectivity index (χ1v) is 6.55. The van der Waals surface area contributed by atoms with Gasteiger partial charge in [-0.3, -0.25) is 0 Å². The number of nitrogen functional groups attached to an aromatic ring is 1. The molecule has 7 heteroatoms. The van der Waals surface area contributed by atoms with Crippen LogP contribution in [-0.4, -0.2) is 26.6 Å². The van der Waals surface area contributed by atoms with Gasteiger partial charge < -0.3 is 10.6 Å². The molecule has 3 rings (SSSR count). The molecule has 0 unspecified atom stereocenters. The summed E-state index contributed by atoms with van der Waals surface area (Å²) in [4.78, 5) is 18.0. The number of para-hydroxylation sites is 1. The van der Waals surface area contributed by atoms with Crippen LogP contribution in [-0.2, 0) is 6.54 Å². The van der Waals surface area contributed by atoms with Crippen molar-refractivity contribution in [3.05, 3.63) is 52.2 Å². The highest BCUT2D eigenvalue weighted by molar-refractivity contribution is 5.53. The summed E-state index contributed by atoms with van der Waals surface area (Å²) in [6.45, 7) is 2.40. The SMILES string of the molecule is Cc1nc(N(C)Cc2ccccc2N)cc2n[nH]c(=O)n12. The lowest BCUT2D eigenvalue weighted by atomic mass is 10.2. The van der Waals surface area contributed by atoms with E-state index in [4.69, 9.17) is 5.73 Å². The number of anilines is 2. The highest BCUT2D eigenvalue weighted by Gasteiger charge is 2.11. The third kappa shape index (κ3) is 2.33. The summed E-state index contributed by atoms with van der Waals surface area (Å²) in [5.41, 5.74) is 8.01. The van der Waals surface area contributed by atoms with Crippen LogP contribution in [0.3, 0.4) is 0 Å². The third-order valence-corrected chi connectivity index (χ3v) is 3.41. The minimum absolute atomic E-state index is 0.281. The van der Waals surface area contributed by atoms with Crippen LogP contribution in [0, 0.1) is 6.92 Å². The molecular weight excluding hydrogens is 268 g/mol. The van der Waals surface area contributed by atoms with Crippen LogP contribution in [0.25, 0.3) is 5.65 Å². The summed E-state index contributed by atoms with van der Waals surface area (Å²) in [7, 11) is 1.93. The lowest BCUT2D eigenvalue weighted by Crippen LogP contribution is -2.21. The molecule has 0 fully saturated rings. The van der Waals surface area contributed by atoms with Crippen LogP contribution in [0.15, 0.2) is 35.1 Å². The van der Waals surface area contributed by atoms with Crippen LogP contribution < -0.4 is 16.3 Å². The van der Waals surface area contributed by atoms with Gasteiger partial charge in [0.25, 0.3) is 0 Å².